The maximum atomic E-state index is 13.9. The molecule has 100 valence electrons. The summed E-state index contributed by atoms with van der Waals surface area (Å²) in [4.78, 5) is 10.6. The van der Waals surface area contributed by atoms with Gasteiger partial charge < -0.3 is 5.11 Å². The lowest BCUT2D eigenvalue weighted by atomic mass is 10.1. The fourth-order valence-electron chi connectivity index (χ4n) is 2.00. The number of aliphatic carboxylic acids is 1. The molecule has 2 aromatic rings. The van der Waals surface area contributed by atoms with Crippen LogP contribution in [0.25, 0.3) is 5.69 Å². The molecule has 1 N–H and O–H groups in total. The minimum Gasteiger partial charge on any atom is -0.481 e. The molecular formula is C14H15FN2O2. The molecule has 0 fully saturated rings. The van der Waals surface area contributed by atoms with Crippen molar-refractivity contribution in [2.45, 2.75) is 26.7 Å². The van der Waals surface area contributed by atoms with Gasteiger partial charge in [-0.05, 0) is 44.0 Å². The molecule has 0 saturated heterocycles. The Morgan fingerprint density at radius 3 is 2.68 bits per heavy atom. The SMILES string of the molecule is Cc1cc(C)n(-c2cc(CCC(=O)O)ccc2F)n1. The number of rotatable bonds is 4. The zero-order valence-electron chi connectivity index (χ0n) is 10.9. The minimum absolute atomic E-state index is 0.0299. The molecule has 2 rings (SSSR count). The monoisotopic (exact) mass is 262 g/mol. The van der Waals surface area contributed by atoms with Gasteiger partial charge in [0.05, 0.1) is 5.69 Å². The number of carboxylic acid groups (broad SMARTS) is 1. The predicted octanol–water partition coefficient (Wildman–Crippen LogP) is 2.65. The largest absolute Gasteiger partial charge is 0.481 e. The molecule has 0 bridgehead atoms. The van der Waals surface area contributed by atoms with Gasteiger partial charge in [0.2, 0.25) is 0 Å². The van der Waals surface area contributed by atoms with Crippen LogP contribution in [0.3, 0.4) is 0 Å². The third-order valence-corrected chi connectivity index (χ3v) is 2.88. The summed E-state index contributed by atoms with van der Waals surface area (Å²) in [5.41, 5.74) is 2.79. The lowest BCUT2D eigenvalue weighted by molar-refractivity contribution is -0.136. The first kappa shape index (κ1) is 13.3. The number of aryl methyl sites for hydroxylation is 3. The Hall–Kier alpha value is -2.17. The maximum Gasteiger partial charge on any atom is 0.303 e. The third kappa shape index (κ3) is 2.99. The number of carboxylic acids is 1. The van der Waals surface area contributed by atoms with Crippen LogP contribution in [0.15, 0.2) is 24.3 Å². The van der Waals surface area contributed by atoms with E-state index in [-0.39, 0.29) is 12.2 Å². The van der Waals surface area contributed by atoms with E-state index in [1.54, 1.807) is 12.1 Å². The Kier molecular flexibility index (Phi) is 3.64. The molecule has 1 heterocycles. The van der Waals surface area contributed by atoms with E-state index in [1.807, 2.05) is 19.9 Å². The predicted molar refractivity (Wildman–Crippen MR) is 69.0 cm³/mol. The number of hydrogen-bond acceptors (Lipinski definition) is 2. The van der Waals surface area contributed by atoms with Crippen LogP contribution in [0.5, 0.6) is 0 Å². The summed E-state index contributed by atoms with van der Waals surface area (Å²) in [6, 6.07) is 6.47. The van der Waals surface area contributed by atoms with Gasteiger partial charge in [-0.3, -0.25) is 4.79 Å². The van der Waals surface area contributed by atoms with Crippen LogP contribution >= 0.6 is 0 Å². The van der Waals surface area contributed by atoms with Gasteiger partial charge in [0, 0.05) is 12.1 Å². The van der Waals surface area contributed by atoms with Crippen molar-refractivity contribution in [3.63, 3.8) is 0 Å². The average molecular weight is 262 g/mol. The highest BCUT2D eigenvalue weighted by Crippen LogP contribution is 2.18. The van der Waals surface area contributed by atoms with E-state index in [4.69, 9.17) is 5.11 Å². The molecular weight excluding hydrogens is 247 g/mol. The van der Waals surface area contributed by atoms with Crippen LogP contribution in [0, 0.1) is 19.7 Å². The van der Waals surface area contributed by atoms with Crippen LogP contribution in [0.4, 0.5) is 4.39 Å². The van der Waals surface area contributed by atoms with E-state index in [9.17, 15) is 9.18 Å². The summed E-state index contributed by atoms with van der Waals surface area (Å²) in [5, 5.41) is 12.9. The normalized spacial score (nSPS) is 10.7. The first-order valence-corrected chi connectivity index (χ1v) is 6.01. The van der Waals surface area contributed by atoms with Crippen molar-refractivity contribution in [3.8, 4) is 5.69 Å². The summed E-state index contributed by atoms with van der Waals surface area (Å²) in [6.07, 6.45) is 0.407. The molecule has 1 aromatic heterocycles. The molecule has 0 radical (unpaired) electrons. The Labute approximate surface area is 110 Å². The van der Waals surface area contributed by atoms with Crippen molar-refractivity contribution in [3.05, 3.63) is 47.0 Å². The quantitative estimate of drug-likeness (QED) is 0.921. The summed E-state index contributed by atoms with van der Waals surface area (Å²) in [7, 11) is 0. The van der Waals surface area contributed by atoms with E-state index in [2.05, 4.69) is 5.10 Å². The maximum absolute atomic E-state index is 13.9. The van der Waals surface area contributed by atoms with Crippen LogP contribution < -0.4 is 0 Å². The molecule has 4 nitrogen and oxygen atoms in total. The van der Waals surface area contributed by atoms with Gasteiger partial charge in [-0.1, -0.05) is 6.07 Å². The number of carbonyl (C=O) groups is 1. The minimum atomic E-state index is -0.864. The fourth-order valence-corrected chi connectivity index (χ4v) is 2.00. The second-order valence-corrected chi connectivity index (χ2v) is 4.52. The Balaban J connectivity index is 2.37. The van der Waals surface area contributed by atoms with Gasteiger partial charge in [0.1, 0.15) is 11.5 Å². The summed E-state index contributed by atoms with van der Waals surface area (Å²) < 4.78 is 15.4. The first-order valence-electron chi connectivity index (χ1n) is 6.01. The van der Waals surface area contributed by atoms with E-state index in [1.165, 1.54) is 10.7 Å². The van der Waals surface area contributed by atoms with Gasteiger partial charge in [0.25, 0.3) is 0 Å². The molecule has 5 heteroatoms. The molecule has 0 aliphatic rings. The van der Waals surface area contributed by atoms with E-state index < -0.39 is 5.97 Å². The summed E-state index contributed by atoms with van der Waals surface area (Å²) in [5.74, 6) is -1.23. The van der Waals surface area contributed by atoms with Crippen LogP contribution in [0.2, 0.25) is 0 Å². The highest BCUT2D eigenvalue weighted by Gasteiger charge is 2.10. The Morgan fingerprint density at radius 2 is 2.11 bits per heavy atom. The zero-order chi connectivity index (χ0) is 14.0. The molecule has 0 aliphatic heterocycles. The lowest BCUT2D eigenvalue weighted by Crippen LogP contribution is -2.04. The van der Waals surface area contributed by atoms with Gasteiger partial charge in [-0.2, -0.15) is 5.10 Å². The Morgan fingerprint density at radius 1 is 1.37 bits per heavy atom. The second-order valence-electron chi connectivity index (χ2n) is 4.52. The number of hydrogen-bond donors (Lipinski definition) is 1. The smallest absolute Gasteiger partial charge is 0.303 e. The van der Waals surface area contributed by atoms with Gasteiger partial charge in [0.15, 0.2) is 0 Å². The van der Waals surface area contributed by atoms with E-state index in [0.717, 1.165) is 17.0 Å². The van der Waals surface area contributed by atoms with E-state index >= 15 is 0 Å². The highest BCUT2D eigenvalue weighted by atomic mass is 19.1. The first-order chi connectivity index (χ1) is 8.97. The highest BCUT2D eigenvalue weighted by molar-refractivity contribution is 5.67. The molecule has 1 aromatic carbocycles. The number of aromatic nitrogens is 2. The molecule has 0 amide bonds. The van der Waals surface area contributed by atoms with Crippen molar-refractivity contribution >= 4 is 5.97 Å². The third-order valence-electron chi connectivity index (χ3n) is 2.88. The molecule has 0 aliphatic carbocycles. The number of halogens is 1. The standard InChI is InChI=1S/C14H15FN2O2/c1-9-7-10(2)17(16-9)13-8-11(3-5-12(13)15)4-6-14(18)19/h3,5,7-8H,4,6H2,1-2H3,(H,18,19). The fraction of sp³-hybridized carbons (Fsp3) is 0.286. The molecule has 0 saturated carbocycles. The van der Waals surface area contributed by atoms with Crippen molar-refractivity contribution < 1.29 is 14.3 Å². The van der Waals surface area contributed by atoms with Gasteiger partial charge in [-0.15, -0.1) is 0 Å². The molecule has 0 spiro atoms. The van der Waals surface area contributed by atoms with Crippen molar-refractivity contribution in [1.82, 2.24) is 9.78 Å². The lowest BCUT2D eigenvalue weighted by Gasteiger charge is -2.08. The number of benzene rings is 1. The van der Waals surface area contributed by atoms with Crippen molar-refractivity contribution in [2.75, 3.05) is 0 Å². The topological polar surface area (TPSA) is 55.1 Å². The molecule has 19 heavy (non-hydrogen) atoms. The summed E-state index contributed by atoms with van der Waals surface area (Å²) in [6.45, 7) is 3.69. The van der Waals surface area contributed by atoms with Gasteiger partial charge in [-0.25, -0.2) is 9.07 Å². The average Bonchev–Trinajstić information content (AvgIpc) is 2.67. The van der Waals surface area contributed by atoms with Crippen LogP contribution in [0.1, 0.15) is 23.4 Å². The zero-order valence-corrected chi connectivity index (χ0v) is 10.9. The summed E-state index contributed by atoms with van der Waals surface area (Å²) >= 11 is 0. The second kappa shape index (κ2) is 5.22. The van der Waals surface area contributed by atoms with Crippen LogP contribution in [-0.2, 0) is 11.2 Å². The van der Waals surface area contributed by atoms with Crippen LogP contribution in [-0.4, -0.2) is 20.9 Å². The van der Waals surface area contributed by atoms with Gasteiger partial charge >= 0.3 is 5.97 Å². The molecule has 0 atom stereocenters. The van der Waals surface area contributed by atoms with Crippen molar-refractivity contribution in [2.24, 2.45) is 0 Å². The number of nitrogens with zero attached hydrogens (tertiary/aromatic N) is 2. The van der Waals surface area contributed by atoms with E-state index in [0.29, 0.717) is 12.1 Å². The Bertz CT molecular complexity index is 620. The van der Waals surface area contributed by atoms with Crippen molar-refractivity contribution in [1.29, 1.82) is 0 Å². The molecule has 0 unspecified atom stereocenters.